The van der Waals surface area contributed by atoms with Gasteiger partial charge in [0.15, 0.2) is 9.84 Å². The Morgan fingerprint density at radius 1 is 1.25 bits per heavy atom. The molecule has 1 saturated heterocycles. The molecule has 0 spiro atoms. The maximum Gasteiger partial charge on any atom is 0.267 e. The first kappa shape index (κ1) is 20.5. The minimum atomic E-state index is -3.14. The molecule has 1 aromatic rings. The Balaban J connectivity index is 1.76. The molecule has 2 unspecified atom stereocenters. The molecule has 28 heavy (non-hydrogen) atoms. The van der Waals surface area contributed by atoms with E-state index in [1.807, 2.05) is 30.3 Å². The van der Waals surface area contributed by atoms with Gasteiger partial charge in [0, 0.05) is 12.8 Å². The largest absolute Gasteiger partial charge is 0.344 e. The first-order valence-corrected chi connectivity index (χ1v) is 11.5. The van der Waals surface area contributed by atoms with E-state index in [1.54, 1.807) is 0 Å². The van der Waals surface area contributed by atoms with Gasteiger partial charge in [0.05, 0.1) is 23.6 Å². The smallest absolute Gasteiger partial charge is 0.267 e. The van der Waals surface area contributed by atoms with Gasteiger partial charge < -0.3 is 5.32 Å². The zero-order chi connectivity index (χ0) is 20.3. The molecular formula is C20H27N3O4S. The molecule has 1 aromatic carbocycles. The van der Waals surface area contributed by atoms with Crippen LogP contribution in [0.2, 0.25) is 0 Å². The standard InChI is InChI=1S/C20H27N3O4S/c1-14(2)12-18(15-6-4-3-5-7-15)21-20(25)17-8-9-19(24)23(22-17)16-10-11-28(26,27)13-16/h3-7,14,16,18H,8-13H2,1-2H3,(H,21,25). The Labute approximate surface area is 166 Å². The average molecular weight is 406 g/mol. The van der Waals surface area contributed by atoms with Crippen LogP contribution >= 0.6 is 0 Å². The number of hydrazone groups is 1. The van der Waals surface area contributed by atoms with Crippen molar-refractivity contribution in [3.63, 3.8) is 0 Å². The van der Waals surface area contributed by atoms with Crippen molar-refractivity contribution in [3.05, 3.63) is 35.9 Å². The molecule has 2 aliphatic rings. The molecule has 152 valence electrons. The van der Waals surface area contributed by atoms with E-state index in [-0.39, 0.29) is 47.9 Å². The fraction of sp³-hybridized carbons (Fsp3) is 0.550. The van der Waals surface area contributed by atoms with Gasteiger partial charge in [0.2, 0.25) is 5.91 Å². The van der Waals surface area contributed by atoms with Gasteiger partial charge in [-0.3, -0.25) is 9.59 Å². The fourth-order valence-corrected chi connectivity index (χ4v) is 5.36. The van der Waals surface area contributed by atoms with E-state index in [4.69, 9.17) is 0 Å². The summed E-state index contributed by atoms with van der Waals surface area (Å²) in [4.78, 5) is 25.1. The summed E-state index contributed by atoms with van der Waals surface area (Å²) >= 11 is 0. The zero-order valence-electron chi connectivity index (χ0n) is 16.3. The number of amides is 2. The SMILES string of the molecule is CC(C)CC(NC(=O)C1=NN(C2CCS(=O)(=O)C2)C(=O)CC1)c1ccccc1. The Morgan fingerprint density at radius 3 is 2.57 bits per heavy atom. The van der Waals surface area contributed by atoms with Crippen molar-refractivity contribution in [1.82, 2.24) is 10.3 Å². The van der Waals surface area contributed by atoms with E-state index in [2.05, 4.69) is 24.3 Å². The highest BCUT2D eigenvalue weighted by Crippen LogP contribution is 2.24. The van der Waals surface area contributed by atoms with Gasteiger partial charge in [-0.25, -0.2) is 13.4 Å². The van der Waals surface area contributed by atoms with Crippen molar-refractivity contribution in [2.75, 3.05) is 11.5 Å². The van der Waals surface area contributed by atoms with Crippen LogP contribution in [0.5, 0.6) is 0 Å². The van der Waals surface area contributed by atoms with Gasteiger partial charge in [-0.1, -0.05) is 44.2 Å². The third-order valence-corrected chi connectivity index (χ3v) is 6.84. The van der Waals surface area contributed by atoms with Crippen molar-refractivity contribution in [2.24, 2.45) is 11.0 Å². The molecule has 0 radical (unpaired) electrons. The fourth-order valence-electron chi connectivity index (χ4n) is 3.66. The van der Waals surface area contributed by atoms with Gasteiger partial charge in [-0.2, -0.15) is 5.10 Å². The molecule has 7 nitrogen and oxygen atoms in total. The number of nitrogens with zero attached hydrogens (tertiary/aromatic N) is 2. The second-order valence-electron chi connectivity index (χ2n) is 7.91. The Bertz CT molecular complexity index is 865. The molecule has 8 heteroatoms. The number of nitrogens with one attached hydrogen (secondary N) is 1. The maximum atomic E-state index is 12.9. The number of rotatable bonds is 6. The third-order valence-electron chi connectivity index (χ3n) is 5.09. The lowest BCUT2D eigenvalue weighted by Crippen LogP contribution is -2.44. The minimum absolute atomic E-state index is 0.0585. The molecule has 2 amide bonds. The van der Waals surface area contributed by atoms with Gasteiger partial charge in [0.1, 0.15) is 5.71 Å². The minimum Gasteiger partial charge on any atom is -0.344 e. The van der Waals surface area contributed by atoms with E-state index >= 15 is 0 Å². The van der Waals surface area contributed by atoms with Crippen LogP contribution in [0.4, 0.5) is 0 Å². The van der Waals surface area contributed by atoms with Gasteiger partial charge in [-0.05, 0) is 24.3 Å². The highest BCUT2D eigenvalue weighted by molar-refractivity contribution is 7.91. The molecule has 2 atom stereocenters. The van der Waals surface area contributed by atoms with E-state index in [0.29, 0.717) is 12.3 Å². The Morgan fingerprint density at radius 2 is 1.96 bits per heavy atom. The number of carbonyl (C=O) groups excluding carboxylic acids is 2. The van der Waals surface area contributed by atoms with E-state index in [9.17, 15) is 18.0 Å². The first-order valence-electron chi connectivity index (χ1n) is 9.71. The molecule has 0 aromatic heterocycles. The van der Waals surface area contributed by atoms with E-state index in [1.165, 1.54) is 5.01 Å². The first-order chi connectivity index (χ1) is 13.2. The topological polar surface area (TPSA) is 95.9 Å². The lowest BCUT2D eigenvalue weighted by Gasteiger charge is -2.28. The lowest BCUT2D eigenvalue weighted by molar-refractivity contribution is -0.133. The summed E-state index contributed by atoms with van der Waals surface area (Å²) in [6.45, 7) is 4.20. The molecule has 1 N–H and O–H groups in total. The lowest BCUT2D eigenvalue weighted by atomic mass is 9.96. The zero-order valence-corrected chi connectivity index (χ0v) is 17.1. The van der Waals surface area contributed by atoms with Crippen LogP contribution in [-0.2, 0) is 19.4 Å². The van der Waals surface area contributed by atoms with Gasteiger partial charge in [-0.15, -0.1) is 0 Å². The second kappa shape index (κ2) is 8.43. The van der Waals surface area contributed by atoms with Crippen LogP contribution in [0.3, 0.4) is 0 Å². The summed E-state index contributed by atoms with van der Waals surface area (Å²) < 4.78 is 23.5. The molecule has 0 bridgehead atoms. The number of benzene rings is 1. The highest BCUT2D eigenvalue weighted by atomic mass is 32.2. The molecule has 1 fully saturated rings. The normalized spacial score (nSPS) is 22.8. The van der Waals surface area contributed by atoms with Crippen LogP contribution < -0.4 is 5.32 Å². The number of hydrogen-bond acceptors (Lipinski definition) is 5. The van der Waals surface area contributed by atoms with Crippen molar-refractivity contribution in [3.8, 4) is 0 Å². The van der Waals surface area contributed by atoms with Crippen molar-refractivity contribution in [1.29, 1.82) is 0 Å². The summed E-state index contributed by atoms with van der Waals surface area (Å²) in [5.41, 5.74) is 1.31. The van der Waals surface area contributed by atoms with Gasteiger partial charge >= 0.3 is 0 Å². The number of hydrogen-bond donors (Lipinski definition) is 1. The Hall–Kier alpha value is -2.22. The van der Waals surface area contributed by atoms with Gasteiger partial charge in [0.25, 0.3) is 5.91 Å². The molecule has 0 aliphatic carbocycles. The summed E-state index contributed by atoms with van der Waals surface area (Å²) in [5, 5.41) is 8.54. The molecule has 2 heterocycles. The summed E-state index contributed by atoms with van der Waals surface area (Å²) in [7, 11) is -3.14. The predicted octanol–water partition coefficient (Wildman–Crippen LogP) is 2.06. The summed E-state index contributed by atoms with van der Waals surface area (Å²) in [6.07, 6.45) is 1.59. The molecule has 3 rings (SSSR count). The quantitative estimate of drug-likeness (QED) is 0.783. The average Bonchev–Trinajstić information content (AvgIpc) is 3.01. The van der Waals surface area contributed by atoms with Crippen molar-refractivity contribution < 1.29 is 18.0 Å². The highest BCUT2D eigenvalue weighted by Gasteiger charge is 2.37. The summed E-state index contributed by atoms with van der Waals surface area (Å²) in [5.74, 6) is -0.158. The molecule has 2 aliphatic heterocycles. The molecule has 0 saturated carbocycles. The van der Waals surface area contributed by atoms with Crippen LogP contribution in [0.25, 0.3) is 0 Å². The maximum absolute atomic E-state index is 12.9. The van der Waals surface area contributed by atoms with Crippen LogP contribution in [0.15, 0.2) is 35.4 Å². The van der Waals surface area contributed by atoms with E-state index in [0.717, 1.165) is 12.0 Å². The number of sulfone groups is 1. The van der Waals surface area contributed by atoms with E-state index < -0.39 is 15.9 Å². The van der Waals surface area contributed by atoms with Crippen LogP contribution in [0, 0.1) is 5.92 Å². The Kier molecular flexibility index (Phi) is 6.17. The second-order valence-corrected chi connectivity index (χ2v) is 10.1. The van der Waals surface area contributed by atoms with Crippen LogP contribution in [0.1, 0.15) is 51.1 Å². The number of carbonyl (C=O) groups is 2. The predicted molar refractivity (Wildman–Crippen MR) is 107 cm³/mol. The van der Waals surface area contributed by atoms with Crippen molar-refractivity contribution >= 4 is 27.4 Å². The monoisotopic (exact) mass is 405 g/mol. The third kappa shape index (κ3) is 4.98. The van der Waals surface area contributed by atoms with Crippen molar-refractivity contribution in [2.45, 2.75) is 51.6 Å². The molecular weight excluding hydrogens is 378 g/mol. The van der Waals surface area contributed by atoms with Crippen LogP contribution in [-0.4, -0.2) is 48.5 Å². The summed E-state index contributed by atoms with van der Waals surface area (Å²) in [6, 6.07) is 9.16.